The molecule has 0 aliphatic carbocycles. The first-order chi connectivity index (χ1) is 12.6. The average molecular weight is 348 g/mol. The van der Waals surface area contributed by atoms with Crippen LogP contribution in [0, 0.1) is 26.2 Å². The van der Waals surface area contributed by atoms with E-state index in [2.05, 4.69) is 35.5 Å². The zero-order valence-corrected chi connectivity index (χ0v) is 15.5. The van der Waals surface area contributed by atoms with Crippen molar-refractivity contribution in [3.05, 3.63) is 71.8 Å². The van der Waals surface area contributed by atoms with Gasteiger partial charge in [-0.25, -0.2) is 4.98 Å². The Labute approximate surface area is 154 Å². The van der Waals surface area contributed by atoms with E-state index in [4.69, 9.17) is 10.1 Å². The van der Waals surface area contributed by atoms with Crippen LogP contribution in [0.2, 0.25) is 0 Å². The highest BCUT2D eigenvalue weighted by atomic mass is 16.5. The highest BCUT2D eigenvalue weighted by Gasteiger charge is 2.10. The van der Waals surface area contributed by atoms with Crippen molar-refractivity contribution < 1.29 is 4.74 Å². The van der Waals surface area contributed by atoms with Crippen LogP contribution in [0.15, 0.2) is 49.3 Å². The molecule has 0 amide bonds. The highest BCUT2D eigenvalue weighted by molar-refractivity contribution is 5.95. The highest BCUT2D eigenvalue weighted by Crippen LogP contribution is 2.30. The number of aromatic nitrogens is 2. The maximum atomic E-state index is 6.10. The normalized spacial score (nSPS) is 9.96. The molecule has 134 valence electrons. The number of anilines is 1. The van der Waals surface area contributed by atoms with Crippen molar-refractivity contribution in [2.24, 2.45) is 0 Å². The summed E-state index contributed by atoms with van der Waals surface area (Å²) < 4.78 is 6.10. The van der Waals surface area contributed by atoms with E-state index in [1.165, 1.54) is 5.56 Å². The third kappa shape index (κ3) is 4.06. The second-order valence-corrected chi connectivity index (χ2v) is 5.79. The minimum atomic E-state index is 0.477. The maximum absolute atomic E-state index is 6.10. The van der Waals surface area contributed by atoms with Gasteiger partial charge in [0, 0.05) is 34.2 Å². The molecule has 0 radical (unpaired) electrons. The van der Waals surface area contributed by atoms with E-state index in [0.717, 1.165) is 39.3 Å². The molecule has 0 spiro atoms. The summed E-state index contributed by atoms with van der Waals surface area (Å²) in [6.07, 6.45) is 3.49. The number of nitrogens with one attached hydrogen (secondary N) is 2. The summed E-state index contributed by atoms with van der Waals surface area (Å²) in [4.78, 5) is 9.01. The molecule has 0 atom stereocenters. The number of aryl methyl sites for hydroxylation is 3. The summed E-state index contributed by atoms with van der Waals surface area (Å²) in [5.74, 6) is 0.769. The minimum Gasteiger partial charge on any atom is -0.487 e. The van der Waals surface area contributed by atoms with Gasteiger partial charge >= 0.3 is 0 Å². The Morgan fingerprint density at radius 2 is 1.96 bits per heavy atom. The predicted octanol–water partition coefficient (Wildman–Crippen LogP) is 4.96. The zero-order chi connectivity index (χ0) is 19.1. The summed E-state index contributed by atoms with van der Waals surface area (Å²) in [6, 6.07) is 9.97. The molecule has 0 unspecified atom stereocenters. The van der Waals surface area contributed by atoms with Gasteiger partial charge in [-0.3, -0.25) is 4.98 Å². The fourth-order valence-corrected chi connectivity index (χ4v) is 2.79. The largest absolute Gasteiger partial charge is 0.487 e. The van der Waals surface area contributed by atoms with Gasteiger partial charge in [0.25, 0.3) is 0 Å². The second kappa shape index (κ2) is 8.76. The lowest BCUT2D eigenvalue weighted by atomic mass is 10.1. The first kappa shape index (κ1) is 19.1. The molecule has 1 aromatic carbocycles. The molecule has 0 bridgehead atoms. The van der Waals surface area contributed by atoms with E-state index in [9.17, 15) is 0 Å². The molecule has 5 nitrogen and oxygen atoms in total. The lowest BCUT2D eigenvalue weighted by Gasteiger charge is -2.14. The molecule has 2 heterocycles. The molecule has 0 fully saturated rings. The molecule has 0 aliphatic rings. The van der Waals surface area contributed by atoms with E-state index in [0.29, 0.717) is 6.61 Å². The van der Waals surface area contributed by atoms with E-state index in [1.807, 2.05) is 50.4 Å². The van der Waals surface area contributed by atoms with Crippen LogP contribution in [0.4, 0.5) is 5.69 Å². The monoisotopic (exact) mass is 348 g/mol. The van der Waals surface area contributed by atoms with Crippen molar-refractivity contribution in [2.45, 2.75) is 27.4 Å². The second-order valence-electron chi connectivity index (χ2n) is 5.79. The molecular weight excluding hydrogens is 324 g/mol. The number of para-hydroxylation sites is 1. The van der Waals surface area contributed by atoms with Gasteiger partial charge in [0.05, 0.1) is 0 Å². The van der Waals surface area contributed by atoms with Crippen LogP contribution in [-0.4, -0.2) is 16.7 Å². The van der Waals surface area contributed by atoms with Crippen molar-refractivity contribution in [1.29, 1.82) is 5.41 Å². The van der Waals surface area contributed by atoms with Crippen LogP contribution >= 0.6 is 0 Å². The van der Waals surface area contributed by atoms with Gasteiger partial charge in [0.1, 0.15) is 17.9 Å². The van der Waals surface area contributed by atoms with Crippen LogP contribution in [0.5, 0.6) is 5.75 Å². The Hall–Kier alpha value is -3.21. The van der Waals surface area contributed by atoms with Crippen molar-refractivity contribution >= 4 is 23.3 Å². The summed E-state index contributed by atoms with van der Waals surface area (Å²) >= 11 is 0. The molecular formula is C21H24N4O. The first-order valence-electron chi connectivity index (χ1n) is 8.27. The maximum Gasteiger partial charge on any atom is 0.146 e. The standard InChI is InChI=1S/C20H21N3O.CH3N/c1-5-21-18-11-14(3)23-20-16(18)7-6-8-19(20)24-12-17-13(2)9-10-22-15(17)4;1-2/h5-11H,1,12H2,2-4H3,(H,21,23);2H,1H2. The Kier molecular flexibility index (Phi) is 6.44. The Morgan fingerprint density at radius 3 is 2.65 bits per heavy atom. The fourth-order valence-electron chi connectivity index (χ4n) is 2.79. The third-order valence-corrected chi connectivity index (χ3v) is 4.07. The van der Waals surface area contributed by atoms with Gasteiger partial charge < -0.3 is 15.5 Å². The molecule has 0 saturated carbocycles. The molecule has 2 aromatic heterocycles. The number of pyridine rings is 2. The van der Waals surface area contributed by atoms with Gasteiger partial charge in [-0.1, -0.05) is 18.7 Å². The van der Waals surface area contributed by atoms with E-state index in [-0.39, 0.29) is 0 Å². The lowest BCUT2D eigenvalue weighted by Crippen LogP contribution is -2.03. The van der Waals surface area contributed by atoms with E-state index >= 15 is 0 Å². The molecule has 0 saturated heterocycles. The molecule has 5 heteroatoms. The molecule has 2 N–H and O–H groups in total. The predicted molar refractivity (Wildman–Crippen MR) is 108 cm³/mol. The fraction of sp³-hybridized carbons (Fsp3) is 0.190. The van der Waals surface area contributed by atoms with Crippen LogP contribution in [0.25, 0.3) is 10.9 Å². The summed E-state index contributed by atoms with van der Waals surface area (Å²) in [5, 5.41) is 9.68. The van der Waals surface area contributed by atoms with Gasteiger partial charge in [-0.15, -0.1) is 0 Å². The molecule has 26 heavy (non-hydrogen) atoms. The van der Waals surface area contributed by atoms with Gasteiger partial charge in [-0.05, 0) is 57.5 Å². The number of ether oxygens (including phenoxy) is 1. The van der Waals surface area contributed by atoms with Crippen molar-refractivity contribution in [3.8, 4) is 5.75 Å². The van der Waals surface area contributed by atoms with Crippen LogP contribution in [-0.2, 0) is 6.61 Å². The smallest absolute Gasteiger partial charge is 0.146 e. The van der Waals surface area contributed by atoms with Crippen LogP contribution in [0.1, 0.15) is 22.5 Å². The lowest BCUT2D eigenvalue weighted by molar-refractivity contribution is 0.307. The Balaban J connectivity index is 0.00000117. The number of fused-ring (bicyclic) bond motifs is 1. The minimum absolute atomic E-state index is 0.477. The zero-order valence-electron chi connectivity index (χ0n) is 15.5. The Bertz CT molecular complexity index is 901. The van der Waals surface area contributed by atoms with Gasteiger partial charge in [-0.2, -0.15) is 0 Å². The van der Waals surface area contributed by atoms with Crippen LogP contribution in [0.3, 0.4) is 0 Å². The summed E-state index contributed by atoms with van der Waals surface area (Å²) in [6.45, 7) is 12.8. The van der Waals surface area contributed by atoms with Crippen molar-refractivity contribution in [1.82, 2.24) is 9.97 Å². The average Bonchev–Trinajstić information content (AvgIpc) is 2.63. The summed E-state index contributed by atoms with van der Waals surface area (Å²) in [5.41, 5.74) is 6.05. The summed E-state index contributed by atoms with van der Waals surface area (Å²) in [7, 11) is 0. The van der Waals surface area contributed by atoms with E-state index in [1.54, 1.807) is 6.20 Å². The van der Waals surface area contributed by atoms with Gasteiger partial charge in [0.15, 0.2) is 0 Å². The number of nitrogens with zero attached hydrogens (tertiary/aromatic N) is 2. The first-order valence-corrected chi connectivity index (χ1v) is 8.27. The van der Waals surface area contributed by atoms with Gasteiger partial charge in [0.2, 0.25) is 0 Å². The topological polar surface area (TPSA) is 70.9 Å². The third-order valence-electron chi connectivity index (χ3n) is 4.07. The van der Waals surface area contributed by atoms with Crippen LogP contribution < -0.4 is 10.1 Å². The van der Waals surface area contributed by atoms with Crippen molar-refractivity contribution in [2.75, 3.05) is 5.32 Å². The molecule has 3 aromatic rings. The molecule has 3 rings (SSSR count). The van der Waals surface area contributed by atoms with Crippen molar-refractivity contribution in [3.63, 3.8) is 0 Å². The Morgan fingerprint density at radius 1 is 1.19 bits per heavy atom. The molecule has 0 aliphatic heterocycles. The SMILES string of the molecule is C=CNc1cc(C)nc2c(OCc3c(C)ccnc3C)cccc12.C=N. The van der Waals surface area contributed by atoms with E-state index < -0.39 is 0 Å². The quantitative estimate of drug-likeness (QED) is 0.640. The number of rotatable bonds is 5. The number of benzene rings is 1. The number of hydrogen-bond donors (Lipinski definition) is 2. The number of hydrogen-bond acceptors (Lipinski definition) is 5.